The minimum Gasteiger partial charge on any atom is -0.317 e. The molecule has 0 fully saturated rings. The molecule has 1 heteroatoms. The van der Waals surface area contributed by atoms with E-state index in [2.05, 4.69) is 41.7 Å². The van der Waals surface area contributed by atoms with Crippen molar-refractivity contribution in [3.05, 3.63) is 42.0 Å². The highest BCUT2D eigenvalue weighted by molar-refractivity contribution is 5.66. The van der Waals surface area contributed by atoms with Gasteiger partial charge in [-0.15, -0.1) is 0 Å². The molecule has 1 atom stereocenters. The topological polar surface area (TPSA) is 12.0 Å². The Bertz CT molecular complexity index is 313. The third-order valence-corrected chi connectivity index (χ3v) is 2.96. The molecule has 1 aromatic carbocycles. The first-order valence-corrected chi connectivity index (χ1v) is 5.32. The van der Waals surface area contributed by atoms with E-state index in [1.165, 1.54) is 30.4 Å². The van der Waals surface area contributed by atoms with Gasteiger partial charge in [0.05, 0.1) is 0 Å². The summed E-state index contributed by atoms with van der Waals surface area (Å²) in [5.74, 6) is 0. The highest BCUT2D eigenvalue weighted by Gasteiger charge is 2.12. The Morgan fingerprint density at radius 2 is 2.00 bits per heavy atom. The number of benzene rings is 1. The minimum absolute atomic E-state index is 0.683. The first-order valence-electron chi connectivity index (χ1n) is 5.32. The van der Waals surface area contributed by atoms with Crippen LogP contribution in [0, 0.1) is 0 Å². The van der Waals surface area contributed by atoms with Crippen LogP contribution in [0.3, 0.4) is 0 Å². The van der Waals surface area contributed by atoms with E-state index in [4.69, 9.17) is 0 Å². The van der Waals surface area contributed by atoms with E-state index < -0.39 is 0 Å². The van der Waals surface area contributed by atoms with E-state index in [0.717, 1.165) is 0 Å². The van der Waals surface area contributed by atoms with Crippen LogP contribution in [0.5, 0.6) is 0 Å². The molecule has 1 nitrogen and oxygen atoms in total. The van der Waals surface area contributed by atoms with Crippen molar-refractivity contribution in [2.75, 3.05) is 7.05 Å². The summed E-state index contributed by atoms with van der Waals surface area (Å²) < 4.78 is 0. The van der Waals surface area contributed by atoms with Gasteiger partial charge in [-0.2, -0.15) is 0 Å². The lowest BCUT2D eigenvalue weighted by Crippen LogP contribution is -2.26. The molecule has 0 bridgehead atoms. The molecule has 1 aliphatic rings. The predicted molar refractivity (Wildman–Crippen MR) is 61.1 cm³/mol. The summed E-state index contributed by atoms with van der Waals surface area (Å²) in [6, 6.07) is 11.4. The Morgan fingerprint density at radius 3 is 2.57 bits per heavy atom. The van der Waals surface area contributed by atoms with Gasteiger partial charge in [-0.25, -0.2) is 0 Å². The molecule has 1 aromatic rings. The van der Waals surface area contributed by atoms with E-state index in [1.54, 1.807) is 0 Å². The number of hydrogen-bond donors (Lipinski definition) is 1. The highest BCUT2D eigenvalue weighted by Crippen LogP contribution is 2.26. The molecule has 0 aromatic heterocycles. The first-order chi connectivity index (χ1) is 6.90. The molecule has 0 amide bonds. The molecule has 1 N–H and O–H groups in total. The van der Waals surface area contributed by atoms with Crippen molar-refractivity contribution in [1.29, 1.82) is 0 Å². The molecule has 0 radical (unpaired) electrons. The molecule has 0 aliphatic heterocycles. The normalized spacial score (nSPS) is 21.8. The summed E-state index contributed by atoms with van der Waals surface area (Å²) in [6.45, 7) is 0. The maximum Gasteiger partial charge on any atom is 0.0102 e. The van der Waals surface area contributed by atoms with Crippen molar-refractivity contribution in [2.24, 2.45) is 0 Å². The Kier molecular flexibility index (Phi) is 3.00. The molecule has 1 unspecified atom stereocenters. The van der Waals surface area contributed by atoms with Gasteiger partial charge < -0.3 is 5.32 Å². The fourth-order valence-electron chi connectivity index (χ4n) is 2.01. The lowest BCUT2D eigenvalue weighted by molar-refractivity contribution is 0.523. The van der Waals surface area contributed by atoms with E-state index in [-0.39, 0.29) is 0 Å². The number of nitrogens with one attached hydrogen (secondary N) is 1. The zero-order chi connectivity index (χ0) is 9.80. The van der Waals surface area contributed by atoms with Crippen LogP contribution in [0.25, 0.3) is 5.57 Å². The Hall–Kier alpha value is -1.08. The van der Waals surface area contributed by atoms with Crippen molar-refractivity contribution < 1.29 is 0 Å². The second-order valence-electron chi connectivity index (χ2n) is 3.86. The quantitative estimate of drug-likeness (QED) is 0.750. The van der Waals surface area contributed by atoms with Crippen molar-refractivity contribution in [3.8, 4) is 0 Å². The number of hydrogen-bond acceptors (Lipinski definition) is 1. The van der Waals surface area contributed by atoms with Crippen LogP contribution >= 0.6 is 0 Å². The van der Waals surface area contributed by atoms with Crippen LogP contribution in [0.4, 0.5) is 0 Å². The Balaban J connectivity index is 2.11. The van der Waals surface area contributed by atoms with Gasteiger partial charge in [0.2, 0.25) is 0 Å². The third kappa shape index (κ3) is 2.05. The third-order valence-electron chi connectivity index (χ3n) is 2.96. The van der Waals surface area contributed by atoms with Crippen molar-refractivity contribution in [1.82, 2.24) is 5.32 Å². The van der Waals surface area contributed by atoms with E-state index in [1.807, 2.05) is 7.05 Å². The zero-order valence-electron chi connectivity index (χ0n) is 8.66. The predicted octanol–water partition coefficient (Wildman–Crippen LogP) is 2.84. The Labute approximate surface area is 85.8 Å². The van der Waals surface area contributed by atoms with Gasteiger partial charge in [0.25, 0.3) is 0 Å². The van der Waals surface area contributed by atoms with Crippen molar-refractivity contribution in [3.63, 3.8) is 0 Å². The highest BCUT2D eigenvalue weighted by atomic mass is 14.9. The SMILES string of the molecule is CNC1CC=C(c2ccccc2)CC1. The zero-order valence-corrected chi connectivity index (χ0v) is 8.66. The summed E-state index contributed by atoms with van der Waals surface area (Å²) in [7, 11) is 2.05. The van der Waals surface area contributed by atoms with Crippen LogP contribution in [0.15, 0.2) is 36.4 Å². The molecular formula is C13H17N. The van der Waals surface area contributed by atoms with Gasteiger partial charge in [0.15, 0.2) is 0 Å². The van der Waals surface area contributed by atoms with Gasteiger partial charge in [-0.1, -0.05) is 36.4 Å². The minimum atomic E-state index is 0.683. The van der Waals surface area contributed by atoms with Crippen LogP contribution in [0.1, 0.15) is 24.8 Å². The van der Waals surface area contributed by atoms with Crippen LogP contribution in [-0.4, -0.2) is 13.1 Å². The van der Waals surface area contributed by atoms with Gasteiger partial charge >= 0.3 is 0 Å². The molecule has 0 saturated heterocycles. The van der Waals surface area contributed by atoms with Crippen LogP contribution < -0.4 is 5.32 Å². The molecule has 0 saturated carbocycles. The van der Waals surface area contributed by atoms with Gasteiger partial charge in [-0.05, 0) is 37.4 Å². The summed E-state index contributed by atoms with van der Waals surface area (Å²) in [4.78, 5) is 0. The fourth-order valence-corrected chi connectivity index (χ4v) is 2.01. The lowest BCUT2D eigenvalue weighted by Gasteiger charge is -2.21. The van der Waals surface area contributed by atoms with Gasteiger partial charge in [-0.3, -0.25) is 0 Å². The van der Waals surface area contributed by atoms with Crippen LogP contribution in [-0.2, 0) is 0 Å². The molecule has 14 heavy (non-hydrogen) atoms. The van der Waals surface area contributed by atoms with Crippen molar-refractivity contribution in [2.45, 2.75) is 25.3 Å². The molecule has 0 spiro atoms. The average Bonchev–Trinajstić information content (AvgIpc) is 2.30. The van der Waals surface area contributed by atoms with E-state index >= 15 is 0 Å². The summed E-state index contributed by atoms with van der Waals surface area (Å²) in [5, 5.41) is 3.33. The molecule has 74 valence electrons. The summed E-state index contributed by atoms with van der Waals surface area (Å²) >= 11 is 0. The lowest BCUT2D eigenvalue weighted by atomic mass is 9.91. The second kappa shape index (κ2) is 4.43. The maximum absolute atomic E-state index is 3.33. The largest absolute Gasteiger partial charge is 0.317 e. The van der Waals surface area contributed by atoms with Crippen LogP contribution in [0.2, 0.25) is 0 Å². The Morgan fingerprint density at radius 1 is 1.21 bits per heavy atom. The summed E-state index contributed by atoms with van der Waals surface area (Å²) in [6.07, 6.45) is 6.01. The maximum atomic E-state index is 3.33. The molecule has 1 aliphatic carbocycles. The van der Waals surface area contributed by atoms with E-state index in [0.29, 0.717) is 6.04 Å². The van der Waals surface area contributed by atoms with Gasteiger partial charge in [0.1, 0.15) is 0 Å². The number of allylic oxidation sites excluding steroid dienone is 1. The standard InChI is InChI=1S/C13H17N/c1-14-13-9-7-12(8-10-13)11-5-3-2-4-6-11/h2-7,13-14H,8-10H2,1H3. The van der Waals surface area contributed by atoms with E-state index in [9.17, 15) is 0 Å². The molecule has 2 rings (SSSR count). The average molecular weight is 187 g/mol. The summed E-state index contributed by atoms with van der Waals surface area (Å²) in [5.41, 5.74) is 2.90. The number of rotatable bonds is 2. The second-order valence-corrected chi connectivity index (χ2v) is 3.86. The monoisotopic (exact) mass is 187 g/mol. The fraction of sp³-hybridized carbons (Fsp3) is 0.385. The van der Waals surface area contributed by atoms with Gasteiger partial charge in [0, 0.05) is 6.04 Å². The molecular weight excluding hydrogens is 170 g/mol. The first kappa shape index (κ1) is 9.47. The van der Waals surface area contributed by atoms with Crippen molar-refractivity contribution >= 4 is 5.57 Å². The molecule has 0 heterocycles. The smallest absolute Gasteiger partial charge is 0.0102 e.